The average Bonchev–Trinajstić information content (AvgIpc) is 2.44. The molecule has 4 nitrogen and oxygen atoms in total. The van der Waals surface area contributed by atoms with Crippen LogP contribution in [0, 0.1) is 0 Å². The van der Waals surface area contributed by atoms with Gasteiger partial charge in [0.15, 0.2) is 0 Å². The summed E-state index contributed by atoms with van der Waals surface area (Å²) in [4.78, 5) is 15.9. The number of nitrogens with one attached hydrogen (secondary N) is 1. The number of carbonyl (C=O) groups excluding carboxylic acids is 1. The number of rotatable bonds is 3. The molecule has 20 heavy (non-hydrogen) atoms. The Morgan fingerprint density at radius 2 is 1.90 bits per heavy atom. The molecule has 1 heterocycles. The van der Waals surface area contributed by atoms with Crippen LogP contribution in [-0.2, 0) is 0 Å². The molecule has 6 heteroatoms. The second kappa shape index (κ2) is 6.76. The molecule has 1 aromatic carbocycles. The molecule has 0 bridgehead atoms. The lowest BCUT2D eigenvalue weighted by atomic mass is 10.1. The fourth-order valence-corrected chi connectivity index (χ4v) is 2.28. The molecule has 0 aliphatic carbocycles. The van der Waals surface area contributed by atoms with Crippen LogP contribution in [0.25, 0.3) is 0 Å². The second-order valence-electron chi connectivity index (χ2n) is 4.04. The van der Waals surface area contributed by atoms with Crippen molar-refractivity contribution in [3.8, 4) is 0 Å². The van der Waals surface area contributed by atoms with Gasteiger partial charge in [-0.15, -0.1) is 0 Å². The number of amides is 1. The molecule has 1 aromatic heterocycles. The molecule has 0 aliphatic heterocycles. The molecule has 0 atom stereocenters. The molecule has 0 saturated heterocycles. The number of hydrazone groups is 1. The first kappa shape index (κ1) is 14.9. The van der Waals surface area contributed by atoms with E-state index < -0.39 is 0 Å². The normalized spacial score (nSPS) is 11.2. The van der Waals surface area contributed by atoms with Crippen LogP contribution in [0.5, 0.6) is 0 Å². The van der Waals surface area contributed by atoms with Crippen molar-refractivity contribution >= 4 is 43.5 Å². The zero-order valence-corrected chi connectivity index (χ0v) is 13.8. The number of benzene rings is 1. The van der Waals surface area contributed by atoms with Crippen molar-refractivity contribution in [3.63, 3.8) is 0 Å². The van der Waals surface area contributed by atoms with Crippen molar-refractivity contribution in [2.75, 3.05) is 0 Å². The van der Waals surface area contributed by atoms with E-state index in [-0.39, 0.29) is 5.91 Å². The van der Waals surface area contributed by atoms with E-state index in [2.05, 4.69) is 47.4 Å². The Kier molecular flexibility index (Phi) is 5.03. The van der Waals surface area contributed by atoms with Crippen molar-refractivity contribution in [2.45, 2.75) is 6.92 Å². The fraction of sp³-hybridized carbons (Fsp3) is 0.0714. The predicted octanol–water partition coefficient (Wildman–Crippen LogP) is 3.76. The van der Waals surface area contributed by atoms with Crippen LogP contribution in [0.2, 0.25) is 0 Å². The molecule has 1 N–H and O–H groups in total. The van der Waals surface area contributed by atoms with Crippen LogP contribution in [0.15, 0.2) is 56.8 Å². The van der Waals surface area contributed by atoms with E-state index in [4.69, 9.17) is 0 Å². The SMILES string of the molecule is C/C(=N\NC(=O)c1cncc(Br)c1)c1cccc(Br)c1. The molecule has 2 aromatic rings. The van der Waals surface area contributed by atoms with E-state index in [1.54, 1.807) is 12.3 Å². The van der Waals surface area contributed by atoms with Crippen molar-refractivity contribution in [2.24, 2.45) is 5.10 Å². The van der Waals surface area contributed by atoms with Gasteiger partial charge in [0.2, 0.25) is 0 Å². The Bertz CT molecular complexity index is 671. The Morgan fingerprint density at radius 1 is 1.15 bits per heavy atom. The Balaban J connectivity index is 2.11. The summed E-state index contributed by atoms with van der Waals surface area (Å²) in [7, 11) is 0. The number of nitrogens with zero attached hydrogens (tertiary/aromatic N) is 2. The zero-order chi connectivity index (χ0) is 14.5. The summed E-state index contributed by atoms with van der Waals surface area (Å²) in [6, 6.07) is 9.40. The van der Waals surface area contributed by atoms with Crippen LogP contribution in [0.1, 0.15) is 22.8 Å². The molecule has 2 rings (SSSR count). The summed E-state index contributed by atoms with van der Waals surface area (Å²) < 4.78 is 1.71. The van der Waals surface area contributed by atoms with Gasteiger partial charge >= 0.3 is 0 Å². The molecular weight excluding hydrogens is 386 g/mol. The quantitative estimate of drug-likeness (QED) is 0.634. The van der Waals surface area contributed by atoms with Gasteiger partial charge in [-0.25, -0.2) is 5.43 Å². The number of carbonyl (C=O) groups is 1. The first-order valence-corrected chi connectivity index (χ1v) is 7.36. The molecule has 102 valence electrons. The minimum absolute atomic E-state index is 0.298. The van der Waals surface area contributed by atoms with Crippen molar-refractivity contribution in [1.29, 1.82) is 0 Å². The molecule has 0 aliphatic rings. The number of pyridine rings is 1. The van der Waals surface area contributed by atoms with Crippen molar-refractivity contribution in [3.05, 3.63) is 62.8 Å². The summed E-state index contributed by atoms with van der Waals surface area (Å²) in [5.41, 5.74) is 4.63. The fourth-order valence-electron chi connectivity index (χ4n) is 1.51. The minimum atomic E-state index is -0.298. The highest BCUT2D eigenvalue weighted by molar-refractivity contribution is 9.10. The van der Waals surface area contributed by atoms with Crippen LogP contribution < -0.4 is 5.43 Å². The monoisotopic (exact) mass is 395 g/mol. The van der Waals surface area contributed by atoms with Crippen LogP contribution in [0.3, 0.4) is 0 Å². The van der Waals surface area contributed by atoms with Gasteiger partial charge < -0.3 is 0 Å². The molecule has 0 fully saturated rings. The first-order chi connectivity index (χ1) is 9.56. The molecule has 1 amide bonds. The largest absolute Gasteiger partial charge is 0.272 e. The van der Waals surface area contributed by atoms with Gasteiger partial charge in [-0.1, -0.05) is 28.1 Å². The van der Waals surface area contributed by atoms with Gasteiger partial charge in [0, 0.05) is 21.3 Å². The zero-order valence-electron chi connectivity index (χ0n) is 10.6. The third-order valence-electron chi connectivity index (χ3n) is 2.53. The van der Waals surface area contributed by atoms with Crippen LogP contribution >= 0.6 is 31.9 Å². The highest BCUT2D eigenvalue weighted by Crippen LogP contribution is 2.12. The maximum absolute atomic E-state index is 11.9. The minimum Gasteiger partial charge on any atom is -0.267 e. The molecule has 0 radical (unpaired) electrons. The van der Waals surface area contributed by atoms with E-state index in [0.29, 0.717) is 5.56 Å². The Morgan fingerprint density at radius 3 is 2.60 bits per heavy atom. The van der Waals surface area contributed by atoms with Gasteiger partial charge in [-0.2, -0.15) is 5.10 Å². The number of hydrogen-bond donors (Lipinski definition) is 1. The first-order valence-electron chi connectivity index (χ1n) is 5.77. The lowest BCUT2D eigenvalue weighted by Crippen LogP contribution is -2.19. The third-order valence-corrected chi connectivity index (χ3v) is 3.46. The van der Waals surface area contributed by atoms with Crippen LogP contribution in [0.4, 0.5) is 0 Å². The summed E-state index contributed by atoms with van der Waals surface area (Å²) >= 11 is 6.67. The summed E-state index contributed by atoms with van der Waals surface area (Å²) in [6.07, 6.45) is 3.11. The third kappa shape index (κ3) is 3.98. The Hall–Kier alpha value is -1.53. The Labute approximate surface area is 133 Å². The topological polar surface area (TPSA) is 54.4 Å². The number of hydrogen-bond acceptors (Lipinski definition) is 3. The van der Waals surface area contributed by atoms with Gasteiger partial charge in [-0.05, 0) is 46.6 Å². The number of halogens is 2. The summed E-state index contributed by atoms with van der Waals surface area (Å²) in [6.45, 7) is 1.83. The highest BCUT2D eigenvalue weighted by atomic mass is 79.9. The maximum Gasteiger partial charge on any atom is 0.272 e. The number of aromatic nitrogens is 1. The van der Waals surface area contributed by atoms with Gasteiger partial charge in [0.25, 0.3) is 5.91 Å². The summed E-state index contributed by atoms with van der Waals surface area (Å²) in [5, 5.41) is 4.09. The van der Waals surface area contributed by atoms with E-state index >= 15 is 0 Å². The second-order valence-corrected chi connectivity index (χ2v) is 5.87. The lowest BCUT2D eigenvalue weighted by molar-refractivity contribution is 0.0954. The van der Waals surface area contributed by atoms with E-state index in [9.17, 15) is 4.79 Å². The highest BCUT2D eigenvalue weighted by Gasteiger charge is 2.06. The molecular formula is C14H11Br2N3O. The standard InChI is InChI=1S/C14H11Br2N3O/c1-9(10-3-2-4-12(15)5-10)18-19-14(20)11-6-13(16)8-17-7-11/h2-8H,1H3,(H,19,20)/b18-9+. The van der Waals surface area contributed by atoms with Crippen molar-refractivity contribution in [1.82, 2.24) is 10.4 Å². The van der Waals surface area contributed by atoms with E-state index in [1.165, 1.54) is 6.20 Å². The van der Waals surface area contributed by atoms with E-state index in [1.807, 2.05) is 31.2 Å². The maximum atomic E-state index is 11.9. The smallest absolute Gasteiger partial charge is 0.267 e. The summed E-state index contributed by atoms with van der Waals surface area (Å²) in [5.74, 6) is -0.298. The predicted molar refractivity (Wildman–Crippen MR) is 85.8 cm³/mol. The average molecular weight is 397 g/mol. The van der Waals surface area contributed by atoms with Crippen molar-refractivity contribution < 1.29 is 4.79 Å². The van der Waals surface area contributed by atoms with Gasteiger partial charge in [-0.3, -0.25) is 9.78 Å². The van der Waals surface area contributed by atoms with Gasteiger partial charge in [0.05, 0.1) is 11.3 Å². The molecule has 0 saturated carbocycles. The van der Waals surface area contributed by atoms with Crippen LogP contribution in [-0.4, -0.2) is 16.6 Å². The molecule has 0 spiro atoms. The lowest BCUT2D eigenvalue weighted by Gasteiger charge is -2.03. The van der Waals surface area contributed by atoms with E-state index in [0.717, 1.165) is 20.2 Å². The van der Waals surface area contributed by atoms with Gasteiger partial charge in [0.1, 0.15) is 0 Å². The molecule has 0 unspecified atom stereocenters.